The first-order chi connectivity index (χ1) is 8.52. The molecule has 1 aromatic heterocycles. The summed E-state index contributed by atoms with van der Waals surface area (Å²) in [6.07, 6.45) is 2.79. The molecule has 104 valence electrons. The Kier molecular flexibility index (Phi) is 5.82. The molecule has 1 aromatic rings. The third-order valence-corrected chi connectivity index (χ3v) is 3.18. The highest BCUT2D eigenvalue weighted by Crippen LogP contribution is 2.11. The van der Waals surface area contributed by atoms with Crippen LogP contribution in [0.25, 0.3) is 0 Å². The lowest BCUT2D eigenvalue weighted by atomic mass is 10.0. The quantitative estimate of drug-likeness (QED) is 0.746. The number of nitrogens with one attached hydrogen (secondary N) is 1. The van der Waals surface area contributed by atoms with E-state index in [0.717, 1.165) is 38.0 Å². The topological polar surface area (TPSA) is 50.1 Å². The predicted octanol–water partition coefficient (Wildman–Crippen LogP) is 2.11. The van der Waals surface area contributed by atoms with E-state index in [9.17, 15) is 5.11 Å². The Morgan fingerprint density at radius 2 is 2.11 bits per heavy atom. The number of nitrogens with zero attached hydrogens (tertiary/aromatic N) is 2. The molecular weight excluding hydrogens is 226 g/mol. The number of rotatable bonds is 8. The molecule has 1 rings (SSSR count). The Morgan fingerprint density at radius 3 is 2.67 bits per heavy atom. The first kappa shape index (κ1) is 15.2. The minimum atomic E-state index is -0.612. The summed E-state index contributed by atoms with van der Waals surface area (Å²) in [7, 11) is 0. The summed E-state index contributed by atoms with van der Waals surface area (Å²) < 4.78 is 2.03. The van der Waals surface area contributed by atoms with Crippen molar-refractivity contribution >= 4 is 0 Å². The molecule has 0 saturated heterocycles. The molecule has 2 N–H and O–H groups in total. The molecule has 0 bridgehead atoms. The van der Waals surface area contributed by atoms with E-state index in [1.807, 2.05) is 11.6 Å². The van der Waals surface area contributed by atoms with Gasteiger partial charge >= 0.3 is 0 Å². The number of hydrogen-bond acceptors (Lipinski definition) is 3. The average Bonchev–Trinajstić information content (AvgIpc) is 2.71. The summed E-state index contributed by atoms with van der Waals surface area (Å²) in [5, 5.41) is 17.9. The summed E-state index contributed by atoms with van der Waals surface area (Å²) in [6, 6.07) is 2.14. The fraction of sp³-hybridized carbons (Fsp3) is 0.786. The highest BCUT2D eigenvalue weighted by molar-refractivity contribution is 5.10. The molecule has 18 heavy (non-hydrogen) atoms. The van der Waals surface area contributed by atoms with Crippen molar-refractivity contribution < 1.29 is 5.11 Å². The van der Waals surface area contributed by atoms with Crippen molar-refractivity contribution in [3.8, 4) is 0 Å². The molecule has 4 nitrogen and oxygen atoms in total. The number of aryl methyl sites for hydroxylation is 2. The Labute approximate surface area is 110 Å². The van der Waals surface area contributed by atoms with Gasteiger partial charge in [0, 0.05) is 19.6 Å². The first-order valence-corrected chi connectivity index (χ1v) is 7.01. The van der Waals surface area contributed by atoms with Gasteiger partial charge in [0.15, 0.2) is 0 Å². The molecule has 0 radical (unpaired) electrons. The zero-order chi connectivity index (χ0) is 13.6. The maximum absolute atomic E-state index is 10.1. The van der Waals surface area contributed by atoms with Gasteiger partial charge in [-0.3, -0.25) is 4.68 Å². The highest BCUT2D eigenvalue weighted by atomic mass is 16.3. The lowest BCUT2D eigenvalue weighted by Crippen LogP contribution is -2.37. The van der Waals surface area contributed by atoms with Gasteiger partial charge in [0.2, 0.25) is 0 Å². The molecule has 1 atom stereocenters. The largest absolute Gasteiger partial charge is 0.389 e. The van der Waals surface area contributed by atoms with E-state index in [2.05, 4.69) is 37.3 Å². The van der Waals surface area contributed by atoms with Crippen LogP contribution in [0.15, 0.2) is 6.07 Å². The summed E-state index contributed by atoms with van der Waals surface area (Å²) in [4.78, 5) is 0. The van der Waals surface area contributed by atoms with E-state index in [-0.39, 0.29) is 0 Å². The monoisotopic (exact) mass is 253 g/mol. The Hall–Kier alpha value is -0.870. The number of hydrogen-bond donors (Lipinski definition) is 2. The van der Waals surface area contributed by atoms with E-state index in [4.69, 9.17) is 0 Å². The third-order valence-electron chi connectivity index (χ3n) is 3.18. The summed E-state index contributed by atoms with van der Waals surface area (Å²) >= 11 is 0. The highest BCUT2D eigenvalue weighted by Gasteiger charge is 2.18. The molecular formula is C14H27N3O. The molecule has 0 aliphatic heterocycles. The predicted molar refractivity (Wildman–Crippen MR) is 74.5 cm³/mol. The standard InChI is InChI=1S/C14H27N3O/c1-5-8-14(4,18)11-15-10-13-9-12(6-2)16-17(13)7-3/h9,15,18H,5-8,10-11H2,1-4H3. The summed E-state index contributed by atoms with van der Waals surface area (Å²) in [5.74, 6) is 0. The van der Waals surface area contributed by atoms with Crippen molar-refractivity contribution in [1.82, 2.24) is 15.1 Å². The van der Waals surface area contributed by atoms with Gasteiger partial charge in [-0.25, -0.2) is 0 Å². The molecule has 4 heteroatoms. The maximum atomic E-state index is 10.1. The zero-order valence-corrected chi connectivity index (χ0v) is 12.2. The smallest absolute Gasteiger partial charge is 0.0743 e. The van der Waals surface area contributed by atoms with Crippen LogP contribution >= 0.6 is 0 Å². The van der Waals surface area contributed by atoms with Gasteiger partial charge in [0.1, 0.15) is 0 Å². The number of aliphatic hydroxyl groups is 1. The summed E-state index contributed by atoms with van der Waals surface area (Å²) in [5.41, 5.74) is 1.72. The van der Waals surface area contributed by atoms with Crippen LogP contribution < -0.4 is 5.32 Å². The molecule has 0 aliphatic carbocycles. The third kappa shape index (κ3) is 4.42. The van der Waals surface area contributed by atoms with Crippen molar-refractivity contribution in [2.75, 3.05) is 6.54 Å². The van der Waals surface area contributed by atoms with Gasteiger partial charge in [-0.15, -0.1) is 0 Å². The van der Waals surface area contributed by atoms with E-state index in [1.54, 1.807) is 0 Å². The van der Waals surface area contributed by atoms with Crippen LogP contribution in [0, 0.1) is 0 Å². The van der Waals surface area contributed by atoms with Crippen molar-refractivity contribution in [1.29, 1.82) is 0 Å². The normalized spacial score (nSPS) is 14.7. The van der Waals surface area contributed by atoms with Gasteiger partial charge < -0.3 is 10.4 Å². The minimum Gasteiger partial charge on any atom is -0.389 e. The molecule has 1 heterocycles. The van der Waals surface area contributed by atoms with Gasteiger partial charge in [-0.1, -0.05) is 20.3 Å². The number of aromatic nitrogens is 2. The van der Waals surface area contributed by atoms with Crippen molar-refractivity contribution in [3.63, 3.8) is 0 Å². The van der Waals surface area contributed by atoms with Crippen LogP contribution in [0.2, 0.25) is 0 Å². The van der Waals surface area contributed by atoms with Gasteiger partial charge in [-0.05, 0) is 32.8 Å². The van der Waals surface area contributed by atoms with Crippen LogP contribution in [0.5, 0.6) is 0 Å². The maximum Gasteiger partial charge on any atom is 0.0743 e. The van der Waals surface area contributed by atoms with E-state index in [1.165, 1.54) is 5.69 Å². The zero-order valence-electron chi connectivity index (χ0n) is 12.2. The average molecular weight is 253 g/mol. The van der Waals surface area contributed by atoms with E-state index in [0.29, 0.717) is 6.54 Å². The molecule has 0 amide bonds. The Bertz CT molecular complexity index is 358. The van der Waals surface area contributed by atoms with Gasteiger partial charge in [-0.2, -0.15) is 5.10 Å². The van der Waals surface area contributed by atoms with E-state index >= 15 is 0 Å². The second kappa shape index (κ2) is 6.90. The second-order valence-electron chi connectivity index (χ2n) is 5.15. The fourth-order valence-corrected chi connectivity index (χ4v) is 2.19. The van der Waals surface area contributed by atoms with Crippen LogP contribution in [-0.4, -0.2) is 27.0 Å². The molecule has 0 aliphatic rings. The minimum absolute atomic E-state index is 0.612. The van der Waals surface area contributed by atoms with Crippen molar-refractivity contribution in [3.05, 3.63) is 17.5 Å². The summed E-state index contributed by atoms with van der Waals surface area (Å²) in [6.45, 7) is 10.5. The van der Waals surface area contributed by atoms with Gasteiger partial charge in [0.25, 0.3) is 0 Å². The van der Waals surface area contributed by atoms with Crippen LogP contribution in [0.4, 0.5) is 0 Å². The lowest BCUT2D eigenvalue weighted by molar-refractivity contribution is 0.0496. The van der Waals surface area contributed by atoms with Crippen LogP contribution in [0.1, 0.15) is 51.9 Å². The fourth-order valence-electron chi connectivity index (χ4n) is 2.19. The van der Waals surface area contributed by atoms with Crippen molar-refractivity contribution in [2.45, 2.75) is 65.6 Å². The molecule has 0 saturated carbocycles. The van der Waals surface area contributed by atoms with Crippen molar-refractivity contribution in [2.24, 2.45) is 0 Å². The molecule has 0 aromatic carbocycles. The van der Waals surface area contributed by atoms with Crippen LogP contribution in [0.3, 0.4) is 0 Å². The molecule has 0 spiro atoms. The lowest BCUT2D eigenvalue weighted by Gasteiger charge is -2.23. The molecule has 1 unspecified atom stereocenters. The SMILES string of the molecule is CCCC(C)(O)CNCc1cc(CC)nn1CC. The molecule has 0 fully saturated rings. The second-order valence-corrected chi connectivity index (χ2v) is 5.15. The Morgan fingerprint density at radius 1 is 1.39 bits per heavy atom. The van der Waals surface area contributed by atoms with Crippen LogP contribution in [-0.2, 0) is 19.5 Å². The first-order valence-electron chi connectivity index (χ1n) is 7.01. The van der Waals surface area contributed by atoms with Gasteiger partial charge in [0.05, 0.1) is 17.0 Å². The van der Waals surface area contributed by atoms with E-state index < -0.39 is 5.60 Å². The Balaban J connectivity index is 2.50.